The lowest BCUT2D eigenvalue weighted by Gasteiger charge is -2.42. The fourth-order valence-electron chi connectivity index (χ4n) is 4.85. The predicted molar refractivity (Wildman–Crippen MR) is 143 cm³/mol. The minimum Gasteiger partial charge on any atom is -0.480 e. The van der Waals surface area contributed by atoms with Gasteiger partial charge in [0, 0.05) is 12.8 Å². The lowest BCUT2D eigenvalue weighted by Crippen LogP contribution is -2.61. The summed E-state index contributed by atoms with van der Waals surface area (Å²) in [5.41, 5.74) is 0. The highest BCUT2D eigenvalue weighted by Crippen LogP contribution is 2.26. The van der Waals surface area contributed by atoms with Crippen LogP contribution in [0.15, 0.2) is 0 Å². The van der Waals surface area contributed by atoms with Gasteiger partial charge in [-0.3, -0.25) is 19.2 Å². The van der Waals surface area contributed by atoms with Crippen LogP contribution in [0.5, 0.6) is 0 Å². The number of aliphatic hydroxyl groups excluding tert-OH is 4. The van der Waals surface area contributed by atoms with E-state index >= 15 is 0 Å². The SMILES string of the molecule is CCCCCCCCCCCCCC(=O)N(CC(=O)O)C(CC1OC(CO)C(O)C(O)C1O)C(=O)NCC(=O)O. The summed E-state index contributed by atoms with van der Waals surface area (Å²) in [7, 11) is 0. The number of nitrogens with one attached hydrogen (secondary N) is 1. The molecule has 1 heterocycles. The summed E-state index contributed by atoms with van der Waals surface area (Å²) in [5, 5.41) is 60.6. The largest absolute Gasteiger partial charge is 0.480 e. The number of hydrogen-bond acceptors (Lipinski definition) is 9. The Morgan fingerprint density at radius 1 is 0.775 bits per heavy atom. The molecule has 1 aliphatic heterocycles. The van der Waals surface area contributed by atoms with Gasteiger partial charge in [0.15, 0.2) is 0 Å². The highest BCUT2D eigenvalue weighted by molar-refractivity contribution is 5.91. The number of aliphatic carboxylic acids is 2. The second-order valence-corrected chi connectivity index (χ2v) is 10.4. The molecule has 0 aromatic heterocycles. The van der Waals surface area contributed by atoms with E-state index in [1.54, 1.807) is 0 Å². The molecule has 1 rings (SSSR count). The molecule has 1 aliphatic rings. The molecular weight excluding hydrogens is 528 g/mol. The van der Waals surface area contributed by atoms with Crippen molar-refractivity contribution in [3.05, 3.63) is 0 Å². The third-order valence-corrected chi connectivity index (χ3v) is 7.16. The molecule has 232 valence electrons. The first-order chi connectivity index (χ1) is 19.0. The number of amides is 2. The number of nitrogens with zero attached hydrogens (tertiary/aromatic N) is 1. The van der Waals surface area contributed by atoms with Gasteiger partial charge in [0.25, 0.3) is 0 Å². The van der Waals surface area contributed by atoms with E-state index in [4.69, 9.17) is 9.84 Å². The molecule has 0 saturated carbocycles. The van der Waals surface area contributed by atoms with Crippen molar-refractivity contribution in [1.29, 1.82) is 0 Å². The second-order valence-electron chi connectivity index (χ2n) is 10.4. The predicted octanol–water partition coefficient (Wildman–Crippen LogP) is 0.403. The van der Waals surface area contributed by atoms with Gasteiger partial charge in [-0.05, 0) is 6.42 Å². The fourth-order valence-corrected chi connectivity index (χ4v) is 4.85. The van der Waals surface area contributed by atoms with Crippen LogP contribution < -0.4 is 5.32 Å². The highest BCUT2D eigenvalue weighted by Gasteiger charge is 2.46. The Morgan fingerprint density at radius 3 is 1.80 bits per heavy atom. The van der Waals surface area contributed by atoms with Gasteiger partial charge < -0.3 is 45.6 Å². The molecule has 7 N–H and O–H groups in total. The van der Waals surface area contributed by atoms with Crippen LogP contribution in [0.4, 0.5) is 0 Å². The maximum atomic E-state index is 13.1. The molecule has 0 radical (unpaired) electrons. The Hall–Kier alpha value is -2.32. The molecule has 1 saturated heterocycles. The topological polar surface area (TPSA) is 214 Å². The lowest BCUT2D eigenvalue weighted by molar-refractivity contribution is -0.232. The van der Waals surface area contributed by atoms with E-state index in [1.165, 1.54) is 38.5 Å². The van der Waals surface area contributed by atoms with Gasteiger partial charge in [0.05, 0.1) is 12.7 Å². The number of rotatable bonds is 21. The highest BCUT2D eigenvalue weighted by atomic mass is 16.5. The van der Waals surface area contributed by atoms with Crippen molar-refractivity contribution < 1.29 is 54.6 Å². The molecule has 1 fully saturated rings. The molecule has 0 aliphatic carbocycles. The number of carboxylic acids is 2. The average molecular weight is 577 g/mol. The zero-order valence-corrected chi connectivity index (χ0v) is 23.4. The second kappa shape index (κ2) is 19.7. The molecule has 0 spiro atoms. The first-order valence-corrected chi connectivity index (χ1v) is 14.3. The van der Waals surface area contributed by atoms with Gasteiger partial charge >= 0.3 is 11.9 Å². The molecule has 0 bridgehead atoms. The molecule has 0 aromatic rings. The minimum atomic E-state index is -1.74. The first-order valence-electron chi connectivity index (χ1n) is 14.3. The van der Waals surface area contributed by atoms with Gasteiger partial charge in [0.1, 0.15) is 43.5 Å². The monoisotopic (exact) mass is 576 g/mol. The van der Waals surface area contributed by atoms with Crippen LogP contribution in [0.3, 0.4) is 0 Å². The van der Waals surface area contributed by atoms with E-state index in [0.29, 0.717) is 6.42 Å². The van der Waals surface area contributed by atoms with Gasteiger partial charge in [0.2, 0.25) is 11.8 Å². The fraction of sp³-hybridized carbons (Fsp3) is 0.852. The van der Waals surface area contributed by atoms with Crippen molar-refractivity contribution in [2.24, 2.45) is 0 Å². The van der Waals surface area contributed by atoms with Crippen LogP contribution in [0.1, 0.15) is 90.4 Å². The van der Waals surface area contributed by atoms with Crippen molar-refractivity contribution >= 4 is 23.8 Å². The summed E-state index contributed by atoms with van der Waals surface area (Å²) in [4.78, 5) is 49.5. The zero-order chi connectivity index (χ0) is 30.1. The van der Waals surface area contributed by atoms with E-state index in [0.717, 1.165) is 30.6 Å². The van der Waals surface area contributed by atoms with Crippen molar-refractivity contribution in [3.63, 3.8) is 0 Å². The van der Waals surface area contributed by atoms with Crippen LogP contribution in [-0.4, -0.2) is 116 Å². The Morgan fingerprint density at radius 2 is 1.30 bits per heavy atom. The first kappa shape index (κ1) is 35.7. The van der Waals surface area contributed by atoms with Crippen LogP contribution in [0.25, 0.3) is 0 Å². The smallest absolute Gasteiger partial charge is 0.323 e. The molecule has 6 unspecified atom stereocenters. The van der Waals surface area contributed by atoms with Crippen molar-refractivity contribution in [1.82, 2.24) is 10.2 Å². The molecule has 6 atom stereocenters. The van der Waals surface area contributed by atoms with Crippen molar-refractivity contribution in [3.8, 4) is 0 Å². The Bertz CT molecular complexity index is 780. The minimum absolute atomic E-state index is 0.0400. The lowest BCUT2D eigenvalue weighted by atomic mass is 9.91. The number of ether oxygens (including phenoxy) is 1. The van der Waals surface area contributed by atoms with E-state index in [-0.39, 0.29) is 6.42 Å². The summed E-state index contributed by atoms with van der Waals surface area (Å²) >= 11 is 0. The van der Waals surface area contributed by atoms with E-state index in [1.807, 2.05) is 0 Å². The van der Waals surface area contributed by atoms with E-state index in [9.17, 15) is 44.7 Å². The van der Waals surface area contributed by atoms with E-state index in [2.05, 4.69) is 12.2 Å². The maximum absolute atomic E-state index is 13.1. The number of carbonyl (C=O) groups is 4. The van der Waals surface area contributed by atoms with Crippen LogP contribution in [0.2, 0.25) is 0 Å². The molecular formula is C27H48N2O11. The summed E-state index contributed by atoms with van der Waals surface area (Å²) < 4.78 is 5.45. The normalized spacial score (nSPS) is 23.4. The third-order valence-electron chi connectivity index (χ3n) is 7.16. The van der Waals surface area contributed by atoms with Gasteiger partial charge in [-0.1, -0.05) is 71.1 Å². The molecule has 13 heteroatoms. The van der Waals surface area contributed by atoms with E-state index < -0.39 is 86.4 Å². The number of hydrogen-bond donors (Lipinski definition) is 7. The molecule has 13 nitrogen and oxygen atoms in total. The summed E-state index contributed by atoms with van der Waals surface area (Å²) in [6.07, 6.45) is 3.31. The number of unbranched alkanes of at least 4 members (excludes halogenated alkanes) is 10. The maximum Gasteiger partial charge on any atom is 0.323 e. The van der Waals surface area contributed by atoms with Crippen LogP contribution in [0, 0.1) is 0 Å². The van der Waals surface area contributed by atoms with Crippen LogP contribution in [-0.2, 0) is 23.9 Å². The Kier molecular flexibility index (Phi) is 17.6. The van der Waals surface area contributed by atoms with Gasteiger partial charge in [-0.25, -0.2) is 0 Å². The van der Waals surface area contributed by atoms with Gasteiger partial charge in [-0.2, -0.15) is 0 Å². The molecule has 2 amide bonds. The Labute approximate surface area is 235 Å². The van der Waals surface area contributed by atoms with Gasteiger partial charge in [-0.15, -0.1) is 0 Å². The quantitative estimate of drug-likeness (QED) is 0.0929. The Balaban J connectivity index is 2.83. The summed E-state index contributed by atoms with van der Waals surface area (Å²) in [6, 6.07) is -1.56. The number of carbonyl (C=O) groups excluding carboxylic acids is 2. The van der Waals surface area contributed by atoms with Crippen molar-refractivity contribution in [2.45, 2.75) is 127 Å². The molecule has 0 aromatic carbocycles. The van der Waals surface area contributed by atoms with Crippen molar-refractivity contribution in [2.75, 3.05) is 19.7 Å². The number of aliphatic hydroxyl groups is 4. The summed E-state index contributed by atoms with van der Waals surface area (Å²) in [6.45, 7) is -0.189. The van der Waals surface area contributed by atoms with Crippen LogP contribution >= 0.6 is 0 Å². The standard InChI is InChI=1S/C27H48N2O11/c1-2-3-4-5-6-7-8-9-10-11-12-13-21(31)29(16-23(34)35)18(27(39)28-15-22(32)33)14-19-24(36)26(38)25(37)20(17-30)40-19/h18-20,24-26,30,36-38H,2-17H2,1H3,(H,28,39)(H,32,33)(H,34,35). The average Bonchev–Trinajstić information content (AvgIpc) is 2.91. The number of carboxylic acid groups (broad SMARTS) is 2. The zero-order valence-electron chi connectivity index (χ0n) is 23.4. The molecule has 40 heavy (non-hydrogen) atoms. The third kappa shape index (κ3) is 12.9. The summed E-state index contributed by atoms with van der Waals surface area (Å²) in [5.74, 6) is -4.39.